The SMILES string of the molecule is CN(C)c1cccc(C(=O)N2CCC[C@@]23CCC[C@H]3O)c1. The third-order valence-corrected chi connectivity index (χ3v) is 5.09. The molecule has 4 heteroatoms. The lowest BCUT2D eigenvalue weighted by molar-refractivity contribution is 0.0151. The van der Waals surface area contributed by atoms with Crippen LogP contribution in [0.2, 0.25) is 0 Å². The van der Waals surface area contributed by atoms with E-state index < -0.39 is 0 Å². The van der Waals surface area contributed by atoms with Crippen molar-refractivity contribution in [3.8, 4) is 0 Å². The number of benzene rings is 1. The van der Waals surface area contributed by atoms with E-state index in [0.29, 0.717) is 0 Å². The molecule has 1 spiro atoms. The van der Waals surface area contributed by atoms with Gasteiger partial charge < -0.3 is 14.9 Å². The Bertz CT molecular complexity index is 539. The number of amides is 1. The van der Waals surface area contributed by atoms with Crippen LogP contribution in [0.3, 0.4) is 0 Å². The van der Waals surface area contributed by atoms with Crippen LogP contribution >= 0.6 is 0 Å². The van der Waals surface area contributed by atoms with Crippen molar-refractivity contribution in [1.82, 2.24) is 4.90 Å². The number of likely N-dealkylation sites (tertiary alicyclic amines) is 1. The van der Waals surface area contributed by atoms with Gasteiger partial charge in [-0.25, -0.2) is 0 Å². The molecule has 1 heterocycles. The van der Waals surface area contributed by atoms with Gasteiger partial charge in [-0.05, 0) is 50.3 Å². The van der Waals surface area contributed by atoms with Crippen molar-refractivity contribution in [2.24, 2.45) is 0 Å². The molecule has 1 N–H and O–H groups in total. The lowest BCUT2D eigenvalue weighted by Gasteiger charge is -2.38. The topological polar surface area (TPSA) is 43.8 Å². The van der Waals surface area contributed by atoms with E-state index in [9.17, 15) is 9.90 Å². The van der Waals surface area contributed by atoms with E-state index in [2.05, 4.69) is 0 Å². The Morgan fingerprint density at radius 2 is 2.10 bits per heavy atom. The largest absolute Gasteiger partial charge is 0.391 e. The highest BCUT2D eigenvalue weighted by atomic mass is 16.3. The van der Waals surface area contributed by atoms with Gasteiger partial charge in [-0.3, -0.25) is 4.79 Å². The van der Waals surface area contributed by atoms with Crippen molar-refractivity contribution in [3.05, 3.63) is 29.8 Å². The summed E-state index contributed by atoms with van der Waals surface area (Å²) in [4.78, 5) is 16.9. The average Bonchev–Trinajstić information content (AvgIpc) is 3.07. The van der Waals surface area contributed by atoms with Gasteiger partial charge >= 0.3 is 0 Å². The molecule has 0 radical (unpaired) electrons. The molecule has 2 atom stereocenters. The molecule has 21 heavy (non-hydrogen) atoms. The second kappa shape index (κ2) is 5.34. The first-order valence-electron chi connectivity index (χ1n) is 7.82. The number of aliphatic hydroxyl groups excluding tert-OH is 1. The lowest BCUT2D eigenvalue weighted by atomic mass is 9.91. The lowest BCUT2D eigenvalue weighted by Crippen LogP contribution is -2.52. The van der Waals surface area contributed by atoms with Crippen LogP contribution in [0.4, 0.5) is 5.69 Å². The molecule has 1 saturated carbocycles. The number of anilines is 1. The van der Waals surface area contributed by atoms with Gasteiger partial charge in [0.1, 0.15) is 0 Å². The van der Waals surface area contributed by atoms with Crippen LogP contribution < -0.4 is 4.90 Å². The number of rotatable bonds is 2. The Morgan fingerprint density at radius 3 is 2.76 bits per heavy atom. The molecule has 0 unspecified atom stereocenters. The molecule has 1 aromatic rings. The van der Waals surface area contributed by atoms with Crippen LogP contribution in [0.25, 0.3) is 0 Å². The molecular formula is C17H24N2O2. The standard InChI is InChI=1S/C17H24N2O2/c1-18(2)14-7-3-6-13(12-14)16(21)19-11-5-10-17(19)9-4-8-15(17)20/h3,6-7,12,15,20H,4-5,8-11H2,1-2H3/t15-,17-/m1/s1. The summed E-state index contributed by atoms with van der Waals surface area (Å²) < 4.78 is 0. The zero-order valence-corrected chi connectivity index (χ0v) is 12.9. The van der Waals surface area contributed by atoms with Crippen molar-refractivity contribution < 1.29 is 9.90 Å². The van der Waals surface area contributed by atoms with Crippen LogP contribution in [-0.4, -0.2) is 48.2 Å². The molecule has 1 aliphatic heterocycles. The first-order chi connectivity index (χ1) is 10.0. The Labute approximate surface area is 126 Å². The van der Waals surface area contributed by atoms with E-state index in [1.54, 1.807) is 0 Å². The highest BCUT2D eigenvalue weighted by molar-refractivity contribution is 5.96. The molecule has 1 aliphatic carbocycles. The Balaban J connectivity index is 1.89. The highest BCUT2D eigenvalue weighted by Crippen LogP contribution is 2.44. The predicted molar refractivity (Wildman–Crippen MR) is 83.6 cm³/mol. The van der Waals surface area contributed by atoms with E-state index in [0.717, 1.165) is 49.9 Å². The summed E-state index contributed by atoms with van der Waals surface area (Å²) in [5.41, 5.74) is 1.45. The molecule has 3 rings (SSSR count). The summed E-state index contributed by atoms with van der Waals surface area (Å²) in [6, 6.07) is 7.75. The van der Waals surface area contributed by atoms with Gasteiger partial charge in [0.15, 0.2) is 0 Å². The molecule has 2 aliphatic rings. The quantitative estimate of drug-likeness (QED) is 0.908. The Kier molecular flexibility index (Phi) is 3.66. The van der Waals surface area contributed by atoms with Gasteiger partial charge in [0.2, 0.25) is 0 Å². The zero-order chi connectivity index (χ0) is 15.0. The third kappa shape index (κ3) is 2.31. The van der Waals surface area contributed by atoms with Crippen LogP contribution in [-0.2, 0) is 0 Å². The Morgan fingerprint density at radius 1 is 1.33 bits per heavy atom. The summed E-state index contributed by atoms with van der Waals surface area (Å²) in [6.45, 7) is 0.766. The molecular weight excluding hydrogens is 264 g/mol. The average molecular weight is 288 g/mol. The number of carbonyl (C=O) groups excluding carboxylic acids is 1. The second-order valence-electron chi connectivity index (χ2n) is 6.52. The van der Waals surface area contributed by atoms with E-state index in [-0.39, 0.29) is 17.6 Å². The van der Waals surface area contributed by atoms with Crippen LogP contribution in [0.5, 0.6) is 0 Å². The van der Waals surface area contributed by atoms with Crippen molar-refractivity contribution >= 4 is 11.6 Å². The molecule has 1 aromatic carbocycles. The minimum atomic E-state index is -0.360. The maximum absolute atomic E-state index is 12.9. The number of nitrogens with zero attached hydrogens (tertiary/aromatic N) is 2. The Hall–Kier alpha value is -1.55. The van der Waals surface area contributed by atoms with Crippen molar-refractivity contribution in [3.63, 3.8) is 0 Å². The monoisotopic (exact) mass is 288 g/mol. The fraction of sp³-hybridized carbons (Fsp3) is 0.588. The number of hydrogen-bond acceptors (Lipinski definition) is 3. The zero-order valence-electron chi connectivity index (χ0n) is 12.9. The fourth-order valence-corrected chi connectivity index (χ4v) is 3.92. The molecule has 0 bridgehead atoms. The fourth-order valence-electron chi connectivity index (χ4n) is 3.92. The second-order valence-corrected chi connectivity index (χ2v) is 6.52. The summed E-state index contributed by atoms with van der Waals surface area (Å²) in [7, 11) is 3.95. The van der Waals surface area contributed by atoms with Gasteiger partial charge in [0.25, 0.3) is 5.91 Å². The van der Waals surface area contributed by atoms with Gasteiger partial charge in [0.05, 0.1) is 11.6 Å². The van der Waals surface area contributed by atoms with Crippen molar-refractivity contribution in [1.29, 1.82) is 0 Å². The van der Waals surface area contributed by atoms with Crippen LogP contribution in [0.15, 0.2) is 24.3 Å². The van der Waals surface area contributed by atoms with Gasteiger partial charge in [-0.15, -0.1) is 0 Å². The number of hydrogen-bond donors (Lipinski definition) is 1. The minimum Gasteiger partial charge on any atom is -0.391 e. The summed E-state index contributed by atoms with van der Waals surface area (Å²) in [5, 5.41) is 10.4. The molecule has 4 nitrogen and oxygen atoms in total. The van der Waals surface area contributed by atoms with E-state index in [4.69, 9.17) is 0 Å². The predicted octanol–water partition coefficient (Wildman–Crippen LogP) is 2.27. The van der Waals surface area contributed by atoms with E-state index in [1.165, 1.54) is 0 Å². The van der Waals surface area contributed by atoms with Gasteiger partial charge in [-0.1, -0.05) is 6.07 Å². The van der Waals surface area contributed by atoms with Crippen molar-refractivity contribution in [2.75, 3.05) is 25.5 Å². The van der Waals surface area contributed by atoms with Crippen LogP contribution in [0.1, 0.15) is 42.5 Å². The normalized spacial score (nSPS) is 28.3. The first kappa shape index (κ1) is 14.4. The maximum Gasteiger partial charge on any atom is 0.254 e. The van der Waals surface area contributed by atoms with Crippen LogP contribution in [0, 0.1) is 0 Å². The number of carbonyl (C=O) groups is 1. The molecule has 0 aromatic heterocycles. The molecule has 1 saturated heterocycles. The van der Waals surface area contributed by atoms with E-state index in [1.807, 2.05) is 48.2 Å². The number of aliphatic hydroxyl groups is 1. The first-order valence-corrected chi connectivity index (χ1v) is 7.82. The smallest absolute Gasteiger partial charge is 0.254 e. The summed E-state index contributed by atoms with van der Waals surface area (Å²) in [6.07, 6.45) is 4.35. The minimum absolute atomic E-state index is 0.0668. The summed E-state index contributed by atoms with van der Waals surface area (Å²) >= 11 is 0. The molecule has 2 fully saturated rings. The summed E-state index contributed by atoms with van der Waals surface area (Å²) in [5.74, 6) is 0.0668. The molecule has 114 valence electrons. The maximum atomic E-state index is 12.9. The van der Waals surface area contributed by atoms with Crippen molar-refractivity contribution in [2.45, 2.75) is 43.7 Å². The molecule has 1 amide bonds. The van der Waals surface area contributed by atoms with E-state index >= 15 is 0 Å². The third-order valence-electron chi connectivity index (χ3n) is 5.09. The van der Waals surface area contributed by atoms with Gasteiger partial charge in [-0.2, -0.15) is 0 Å². The van der Waals surface area contributed by atoms with Gasteiger partial charge in [0, 0.05) is 31.9 Å². The highest BCUT2D eigenvalue weighted by Gasteiger charge is 2.51.